The Labute approximate surface area is 149 Å². The average Bonchev–Trinajstić information content (AvgIpc) is 2.82. The van der Waals surface area contributed by atoms with E-state index in [9.17, 15) is 13.2 Å². The Balaban J connectivity index is 2.08. The van der Waals surface area contributed by atoms with Gasteiger partial charge in [0, 0.05) is 30.7 Å². The first-order valence-corrected chi connectivity index (χ1v) is 10.3. The summed E-state index contributed by atoms with van der Waals surface area (Å²) in [6, 6.07) is 5.25. The third-order valence-electron chi connectivity index (χ3n) is 3.77. The fourth-order valence-electron chi connectivity index (χ4n) is 2.88. The van der Waals surface area contributed by atoms with Gasteiger partial charge in [-0.1, -0.05) is 0 Å². The molecule has 1 amide bonds. The smallest absolute Gasteiger partial charge is 0.407 e. The lowest BCUT2D eigenvalue weighted by Crippen LogP contribution is -2.40. The highest BCUT2D eigenvalue weighted by Gasteiger charge is 2.27. The lowest BCUT2D eigenvalue weighted by Gasteiger charge is -2.24. The molecule has 1 heterocycles. The van der Waals surface area contributed by atoms with Gasteiger partial charge in [0.05, 0.1) is 11.8 Å². The number of alkyl carbamates (subject to hydrolysis) is 1. The van der Waals surface area contributed by atoms with Gasteiger partial charge in [0.25, 0.3) is 0 Å². The molecule has 25 heavy (non-hydrogen) atoms. The van der Waals surface area contributed by atoms with Gasteiger partial charge in [-0.3, -0.25) is 0 Å². The molecule has 0 saturated carbocycles. The van der Waals surface area contributed by atoms with Crippen LogP contribution >= 0.6 is 0 Å². The van der Waals surface area contributed by atoms with Crippen molar-refractivity contribution in [2.24, 2.45) is 0 Å². The third kappa shape index (κ3) is 6.12. The van der Waals surface area contributed by atoms with Crippen LogP contribution in [0.15, 0.2) is 18.2 Å². The van der Waals surface area contributed by atoms with E-state index in [0.29, 0.717) is 17.8 Å². The summed E-state index contributed by atoms with van der Waals surface area (Å²) in [6.07, 6.45) is 1.53. The highest BCUT2D eigenvalue weighted by Crippen LogP contribution is 2.28. The Hall–Kier alpha value is -1.96. The van der Waals surface area contributed by atoms with Crippen LogP contribution in [0.3, 0.4) is 0 Å². The van der Waals surface area contributed by atoms with Crippen molar-refractivity contribution < 1.29 is 17.9 Å². The number of benzene rings is 1. The SMILES string of the molecule is CC(C)(C)OC(=O)N[C@H]1CCN(c2ccc(N)cc2CS(C)(=O)=O)C1. The number of carbonyl (C=O) groups is 1. The van der Waals surface area contributed by atoms with E-state index in [1.807, 2.05) is 26.8 Å². The van der Waals surface area contributed by atoms with Crippen molar-refractivity contribution in [3.8, 4) is 0 Å². The number of hydrogen-bond donors (Lipinski definition) is 2. The Kier molecular flexibility index (Phi) is 5.51. The van der Waals surface area contributed by atoms with Gasteiger partial charge < -0.3 is 20.7 Å². The molecule has 1 aromatic carbocycles. The maximum Gasteiger partial charge on any atom is 0.407 e. The van der Waals surface area contributed by atoms with Crippen molar-refractivity contribution >= 4 is 27.3 Å². The number of amides is 1. The lowest BCUT2D eigenvalue weighted by atomic mass is 10.1. The molecule has 0 radical (unpaired) electrons. The number of sulfone groups is 1. The summed E-state index contributed by atoms with van der Waals surface area (Å²) < 4.78 is 28.7. The predicted molar refractivity (Wildman–Crippen MR) is 99.4 cm³/mol. The molecule has 3 N–H and O–H groups in total. The molecule has 0 aliphatic carbocycles. The summed E-state index contributed by atoms with van der Waals surface area (Å²) in [4.78, 5) is 14.0. The molecule has 2 rings (SSSR count). The molecule has 1 fully saturated rings. The number of anilines is 2. The maximum absolute atomic E-state index is 11.9. The van der Waals surface area contributed by atoms with E-state index < -0.39 is 21.5 Å². The van der Waals surface area contributed by atoms with Gasteiger partial charge >= 0.3 is 6.09 Å². The molecule has 140 valence electrons. The molecule has 0 bridgehead atoms. The topological polar surface area (TPSA) is 102 Å². The van der Waals surface area contributed by atoms with E-state index in [4.69, 9.17) is 10.5 Å². The normalized spacial score (nSPS) is 18.2. The largest absolute Gasteiger partial charge is 0.444 e. The van der Waals surface area contributed by atoms with Crippen molar-refractivity contribution in [3.05, 3.63) is 23.8 Å². The van der Waals surface area contributed by atoms with Crippen LogP contribution in [-0.4, -0.2) is 45.5 Å². The minimum atomic E-state index is -3.17. The van der Waals surface area contributed by atoms with Crippen LogP contribution in [-0.2, 0) is 20.3 Å². The van der Waals surface area contributed by atoms with Crippen molar-refractivity contribution in [1.82, 2.24) is 5.32 Å². The number of nitrogens with two attached hydrogens (primary N) is 1. The van der Waals surface area contributed by atoms with Crippen LogP contribution in [0.5, 0.6) is 0 Å². The van der Waals surface area contributed by atoms with Gasteiger partial charge in [0.15, 0.2) is 9.84 Å². The van der Waals surface area contributed by atoms with Crippen molar-refractivity contribution in [2.75, 3.05) is 30.0 Å². The Morgan fingerprint density at radius 2 is 2.08 bits per heavy atom. The molecular weight excluding hydrogens is 342 g/mol. The fourth-order valence-corrected chi connectivity index (χ4v) is 3.68. The maximum atomic E-state index is 11.9. The molecule has 7 nitrogen and oxygen atoms in total. The van der Waals surface area contributed by atoms with E-state index >= 15 is 0 Å². The van der Waals surface area contributed by atoms with Gasteiger partial charge in [0.1, 0.15) is 5.60 Å². The highest BCUT2D eigenvalue weighted by atomic mass is 32.2. The van der Waals surface area contributed by atoms with Gasteiger partial charge in [0.2, 0.25) is 0 Å². The van der Waals surface area contributed by atoms with Crippen molar-refractivity contribution in [3.63, 3.8) is 0 Å². The summed E-state index contributed by atoms with van der Waals surface area (Å²) >= 11 is 0. The monoisotopic (exact) mass is 369 g/mol. The number of rotatable bonds is 4. The number of nitrogens with one attached hydrogen (secondary N) is 1. The molecule has 0 unspecified atom stereocenters. The number of carbonyl (C=O) groups excluding carboxylic acids is 1. The zero-order valence-corrected chi connectivity index (χ0v) is 16.0. The van der Waals surface area contributed by atoms with E-state index in [1.54, 1.807) is 12.1 Å². The van der Waals surface area contributed by atoms with Crippen LogP contribution in [0.25, 0.3) is 0 Å². The van der Waals surface area contributed by atoms with Gasteiger partial charge in [-0.2, -0.15) is 0 Å². The molecule has 0 spiro atoms. The van der Waals surface area contributed by atoms with Gasteiger partial charge in [-0.05, 0) is 51.0 Å². The first-order chi connectivity index (χ1) is 11.4. The Morgan fingerprint density at radius 3 is 2.68 bits per heavy atom. The molecule has 1 aliphatic rings. The second-order valence-electron chi connectivity index (χ2n) is 7.54. The number of hydrogen-bond acceptors (Lipinski definition) is 6. The summed E-state index contributed by atoms with van der Waals surface area (Å²) in [5.41, 5.74) is 7.32. The van der Waals surface area contributed by atoms with E-state index in [0.717, 1.165) is 18.7 Å². The average molecular weight is 369 g/mol. The summed E-state index contributed by atoms with van der Waals surface area (Å²) in [7, 11) is -3.17. The standard InChI is InChI=1S/C17H27N3O4S/c1-17(2,3)24-16(21)19-14-7-8-20(10-14)15-6-5-13(18)9-12(15)11-25(4,22)23/h5-6,9,14H,7-8,10-11,18H2,1-4H3,(H,19,21)/t14-/m0/s1. The van der Waals surface area contributed by atoms with E-state index in [2.05, 4.69) is 10.2 Å². The molecule has 1 saturated heterocycles. The first kappa shape index (κ1) is 19.4. The third-order valence-corrected chi connectivity index (χ3v) is 4.61. The lowest BCUT2D eigenvalue weighted by molar-refractivity contribution is 0.0509. The van der Waals surface area contributed by atoms with E-state index in [1.165, 1.54) is 6.26 Å². The molecule has 1 aromatic rings. The summed E-state index contributed by atoms with van der Waals surface area (Å²) in [5.74, 6) is -0.0615. The Morgan fingerprint density at radius 1 is 1.40 bits per heavy atom. The molecular formula is C17H27N3O4S. The minimum absolute atomic E-state index is 0.0431. The van der Waals surface area contributed by atoms with Crippen LogP contribution < -0.4 is 16.0 Å². The minimum Gasteiger partial charge on any atom is -0.444 e. The zero-order valence-electron chi connectivity index (χ0n) is 15.2. The number of ether oxygens (including phenoxy) is 1. The fraction of sp³-hybridized carbons (Fsp3) is 0.588. The summed E-state index contributed by atoms with van der Waals surface area (Å²) in [6.45, 7) is 6.78. The molecule has 0 aromatic heterocycles. The van der Waals surface area contributed by atoms with Gasteiger partial charge in [-0.25, -0.2) is 13.2 Å². The van der Waals surface area contributed by atoms with Crippen molar-refractivity contribution in [1.29, 1.82) is 0 Å². The first-order valence-electron chi connectivity index (χ1n) is 8.23. The quantitative estimate of drug-likeness (QED) is 0.786. The van der Waals surface area contributed by atoms with Crippen LogP contribution in [0, 0.1) is 0 Å². The molecule has 1 aliphatic heterocycles. The van der Waals surface area contributed by atoms with E-state index in [-0.39, 0.29) is 11.8 Å². The predicted octanol–water partition coefficient (Wildman–Crippen LogP) is 1.92. The second kappa shape index (κ2) is 7.11. The van der Waals surface area contributed by atoms with Crippen LogP contribution in [0.2, 0.25) is 0 Å². The van der Waals surface area contributed by atoms with Crippen LogP contribution in [0.4, 0.5) is 16.2 Å². The zero-order chi connectivity index (χ0) is 18.8. The van der Waals surface area contributed by atoms with Crippen LogP contribution in [0.1, 0.15) is 32.8 Å². The highest BCUT2D eigenvalue weighted by molar-refractivity contribution is 7.89. The number of nitrogen functional groups attached to an aromatic ring is 1. The summed E-state index contributed by atoms with van der Waals surface area (Å²) in [5, 5.41) is 2.87. The molecule has 1 atom stereocenters. The van der Waals surface area contributed by atoms with Gasteiger partial charge in [-0.15, -0.1) is 0 Å². The molecule has 8 heteroatoms. The number of nitrogens with zero attached hydrogens (tertiary/aromatic N) is 1. The van der Waals surface area contributed by atoms with Crippen molar-refractivity contribution in [2.45, 2.75) is 44.6 Å². The Bertz CT molecular complexity index is 741. The second-order valence-corrected chi connectivity index (χ2v) is 9.68.